The number of nitrogens with zero attached hydrogens (tertiary/aromatic N) is 1. The third kappa shape index (κ3) is 3.47. The van der Waals surface area contributed by atoms with Gasteiger partial charge < -0.3 is 9.47 Å². The summed E-state index contributed by atoms with van der Waals surface area (Å²) in [4.78, 5) is 4.06. The maximum atomic E-state index is 5.84. The molecule has 0 unspecified atom stereocenters. The zero-order valence-electron chi connectivity index (χ0n) is 10.6. The molecule has 0 aliphatic rings. The SMILES string of the molecule is C=Cc1cc(I)c(OCc2cccnc2)c(OC)c1. The predicted molar refractivity (Wildman–Crippen MR) is 84.4 cm³/mol. The van der Waals surface area contributed by atoms with Gasteiger partial charge in [0.05, 0.1) is 10.7 Å². The fourth-order valence-electron chi connectivity index (χ4n) is 1.64. The molecule has 2 rings (SSSR count). The minimum Gasteiger partial charge on any atom is -0.493 e. The summed E-state index contributed by atoms with van der Waals surface area (Å²) in [5.41, 5.74) is 2.03. The highest BCUT2D eigenvalue weighted by molar-refractivity contribution is 14.1. The van der Waals surface area contributed by atoms with Crippen molar-refractivity contribution >= 4 is 28.7 Å². The average Bonchev–Trinajstić information content (AvgIpc) is 2.46. The van der Waals surface area contributed by atoms with Gasteiger partial charge in [-0.25, -0.2) is 0 Å². The molecule has 19 heavy (non-hydrogen) atoms. The topological polar surface area (TPSA) is 31.4 Å². The second kappa shape index (κ2) is 6.56. The number of aromatic nitrogens is 1. The predicted octanol–water partition coefficient (Wildman–Crippen LogP) is 3.92. The van der Waals surface area contributed by atoms with Gasteiger partial charge in [0.2, 0.25) is 0 Å². The molecule has 0 aliphatic heterocycles. The van der Waals surface area contributed by atoms with Crippen LogP contribution < -0.4 is 9.47 Å². The molecule has 0 fully saturated rings. The molecular weight excluding hydrogens is 353 g/mol. The fourth-order valence-corrected chi connectivity index (χ4v) is 2.42. The summed E-state index contributed by atoms with van der Waals surface area (Å²) in [7, 11) is 1.63. The van der Waals surface area contributed by atoms with Gasteiger partial charge in [0.25, 0.3) is 0 Å². The maximum Gasteiger partial charge on any atom is 0.174 e. The highest BCUT2D eigenvalue weighted by Gasteiger charge is 2.10. The highest BCUT2D eigenvalue weighted by Crippen LogP contribution is 2.34. The zero-order valence-corrected chi connectivity index (χ0v) is 12.8. The molecule has 4 heteroatoms. The van der Waals surface area contributed by atoms with E-state index in [1.54, 1.807) is 25.6 Å². The molecule has 0 spiro atoms. The summed E-state index contributed by atoms with van der Waals surface area (Å²) in [6.07, 6.45) is 5.32. The first kappa shape index (κ1) is 13.9. The average molecular weight is 367 g/mol. The molecule has 0 N–H and O–H groups in total. The van der Waals surface area contributed by atoms with Gasteiger partial charge >= 0.3 is 0 Å². The van der Waals surface area contributed by atoms with Gasteiger partial charge in [-0.1, -0.05) is 18.7 Å². The lowest BCUT2D eigenvalue weighted by Crippen LogP contribution is -2.00. The lowest BCUT2D eigenvalue weighted by molar-refractivity contribution is 0.282. The Labute approximate surface area is 126 Å². The third-order valence-corrected chi connectivity index (χ3v) is 3.39. The van der Waals surface area contributed by atoms with Crippen LogP contribution in [0.3, 0.4) is 0 Å². The van der Waals surface area contributed by atoms with Gasteiger partial charge in [0, 0.05) is 18.0 Å². The molecule has 0 atom stereocenters. The second-order valence-electron chi connectivity index (χ2n) is 3.89. The van der Waals surface area contributed by atoms with Crippen molar-refractivity contribution in [3.63, 3.8) is 0 Å². The van der Waals surface area contributed by atoms with E-state index in [2.05, 4.69) is 34.2 Å². The molecule has 1 heterocycles. The number of pyridine rings is 1. The van der Waals surface area contributed by atoms with E-state index in [1.807, 2.05) is 24.3 Å². The number of hydrogen-bond donors (Lipinski definition) is 0. The normalized spacial score (nSPS) is 10.0. The Morgan fingerprint density at radius 3 is 2.89 bits per heavy atom. The molecule has 0 saturated heterocycles. The van der Waals surface area contributed by atoms with Crippen LogP contribution in [0.4, 0.5) is 0 Å². The largest absolute Gasteiger partial charge is 0.493 e. The molecule has 1 aromatic heterocycles. The van der Waals surface area contributed by atoms with Crippen molar-refractivity contribution in [2.24, 2.45) is 0 Å². The lowest BCUT2D eigenvalue weighted by atomic mass is 10.2. The van der Waals surface area contributed by atoms with Crippen LogP contribution in [0.15, 0.2) is 43.2 Å². The quantitative estimate of drug-likeness (QED) is 0.751. The molecule has 98 valence electrons. The van der Waals surface area contributed by atoms with Gasteiger partial charge in [0.1, 0.15) is 6.61 Å². The van der Waals surface area contributed by atoms with Gasteiger partial charge in [-0.05, 0) is 46.4 Å². The van der Waals surface area contributed by atoms with Crippen molar-refractivity contribution in [2.75, 3.05) is 7.11 Å². The Bertz CT molecular complexity index is 570. The first-order valence-electron chi connectivity index (χ1n) is 5.76. The van der Waals surface area contributed by atoms with Crippen LogP contribution in [-0.2, 0) is 6.61 Å². The summed E-state index contributed by atoms with van der Waals surface area (Å²) in [6, 6.07) is 7.79. The molecule has 0 amide bonds. The summed E-state index contributed by atoms with van der Waals surface area (Å²) >= 11 is 2.23. The number of rotatable bonds is 5. The van der Waals surface area contributed by atoms with Gasteiger partial charge in [0.15, 0.2) is 11.5 Å². The Morgan fingerprint density at radius 2 is 2.26 bits per heavy atom. The van der Waals surface area contributed by atoms with Crippen molar-refractivity contribution in [1.82, 2.24) is 4.98 Å². The van der Waals surface area contributed by atoms with E-state index < -0.39 is 0 Å². The molecule has 2 aromatic rings. The Kier molecular flexibility index (Phi) is 4.79. The first-order valence-corrected chi connectivity index (χ1v) is 6.84. The van der Waals surface area contributed by atoms with E-state index in [0.717, 1.165) is 20.4 Å². The summed E-state index contributed by atoms with van der Waals surface area (Å²) in [5, 5.41) is 0. The summed E-state index contributed by atoms with van der Waals surface area (Å²) in [6.45, 7) is 4.23. The van der Waals surface area contributed by atoms with Crippen LogP contribution in [0.5, 0.6) is 11.5 Å². The van der Waals surface area contributed by atoms with E-state index in [9.17, 15) is 0 Å². The molecule has 3 nitrogen and oxygen atoms in total. The first-order chi connectivity index (χ1) is 9.24. The van der Waals surface area contributed by atoms with Crippen molar-refractivity contribution in [2.45, 2.75) is 6.61 Å². The molecule has 0 saturated carbocycles. The van der Waals surface area contributed by atoms with Crippen LogP contribution >= 0.6 is 22.6 Å². The van der Waals surface area contributed by atoms with Gasteiger partial charge in [-0.15, -0.1) is 0 Å². The van der Waals surface area contributed by atoms with Crippen LogP contribution in [0.2, 0.25) is 0 Å². The third-order valence-electron chi connectivity index (χ3n) is 2.59. The summed E-state index contributed by atoms with van der Waals surface area (Å²) in [5.74, 6) is 1.46. The number of halogens is 1. The van der Waals surface area contributed by atoms with Crippen LogP contribution in [-0.4, -0.2) is 12.1 Å². The van der Waals surface area contributed by atoms with Gasteiger partial charge in [-0.2, -0.15) is 0 Å². The summed E-state index contributed by atoms with van der Waals surface area (Å²) < 4.78 is 12.2. The Balaban J connectivity index is 2.22. The molecule has 0 bridgehead atoms. The lowest BCUT2D eigenvalue weighted by Gasteiger charge is -2.13. The zero-order chi connectivity index (χ0) is 13.7. The minimum absolute atomic E-state index is 0.466. The van der Waals surface area contributed by atoms with Crippen molar-refractivity contribution in [1.29, 1.82) is 0 Å². The van der Waals surface area contributed by atoms with Crippen LogP contribution in [0, 0.1) is 3.57 Å². The minimum atomic E-state index is 0.466. The smallest absolute Gasteiger partial charge is 0.174 e. The van der Waals surface area contributed by atoms with Crippen molar-refractivity contribution in [3.8, 4) is 11.5 Å². The fraction of sp³-hybridized carbons (Fsp3) is 0.133. The van der Waals surface area contributed by atoms with Gasteiger partial charge in [-0.3, -0.25) is 4.98 Å². The molecule has 1 aromatic carbocycles. The van der Waals surface area contributed by atoms with Crippen molar-refractivity contribution in [3.05, 3.63) is 57.9 Å². The standard InChI is InChI=1S/C15H14INO2/c1-3-11-7-13(16)15(14(8-11)18-2)19-10-12-5-4-6-17-9-12/h3-9H,1,10H2,2H3. The van der Waals surface area contributed by atoms with Crippen molar-refractivity contribution < 1.29 is 9.47 Å². The van der Waals surface area contributed by atoms with E-state index >= 15 is 0 Å². The Hall–Kier alpha value is -1.56. The van der Waals surface area contributed by atoms with E-state index in [4.69, 9.17) is 9.47 Å². The van der Waals surface area contributed by atoms with E-state index in [-0.39, 0.29) is 0 Å². The molecule has 0 aliphatic carbocycles. The van der Waals surface area contributed by atoms with Crippen LogP contribution in [0.1, 0.15) is 11.1 Å². The monoisotopic (exact) mass is 367 g/mol. The molecular formula is C15H14INO2. The van der Waals surface area contributed by atoms with E-state index in [1.165, 1.54) is 0 Å². The maximum absolute atomic E-state index is 5.84. The number of methoxy groups -OCH3 is 1. The Morgan fingerprint density at radius 1 is 1.42 bits per heavy atom. The highest BCUT2D eigenvalue weighted by atomic mass is 127. The number of benzene rings is 1. The number of ether oxygens (including phenoxy) is 2. The van der Waals surface area contributed by atoms with Crippen LogP contribution in [0.25, 0.3) is 6.08 Å². The second-order valence-corrected chi connectivity index (χ2v) is 5.05. The van der Waals surface area contributed by atoms with E-state index in [0.29, 0.717) is 12.4 Å². The molecule has 0 radical (unpaired) electrons. The number of hydrogen-bond acceptors (Lipinski definition) is 3.